The van der Waals surface area contributed by atoms with Gasteiger partial charge in [-0.1, -0.05) is 12.1 Å². The van der Waals surface area contributed by atoms with Crippen LogP contribution < -0.4 is 5.32 Å². The first-order valence-electron chi connectivity index (χ1n) is 7.28. The molecule has 1 saturated heterocycles. The number of hydrogen-bond acceptors (Lipinski definition) is 5. The van der Waals surface area contributed by atoms with Gasteiger partial charge in [0, 0.05) is 37.3 Å². The van der Waals surface area contributed by atoms with E-state index in [1.807, 2.05) is 13.0 Å². The minimum absolute atomic E-state index is 0.0785. The molecule has 0 aromatic heterocycles. The maximum atomic E-state index is 11.7. The van der Waals surface area contributed by atoms with Crippen molar-refractivity contribution in [3.05, 3.63) is 39.4 Å². The van der Waals surface area contributed by atoms with Crippen LogP contribution in [0.1, 0.15) is 30.5 Å². The first-order valence-corrected chi connectivity index (χ1v) is 8.89. The van der Waals surface area contributed by atoms with Crippen LogP contribution in [0.2, 0.25) is 0 Å². The number of rotatable bonds is 6. The van der Waals surface area contributed by atoms with Crippen molar-refractivity contribution in [2.45, 2.75) is 26.3 Å². The summed E-state index contributed by atoms with van der Waals surface area (Å²) >= 11 is 0. The average molecular weight is 327 g/mol. The van der Waals surface area contributed by atoms with Crippen LogP contribution in [-0.4, -0.2) is 43.0 Å². The molecule has 1 fully saturated rings. The highest BCUT2D eigenvalue weighted by Crippen LogP contribution is 2.25. The lowest BCUT2D eigenvalue weighted by Gasteiger charge is -2.19. The van der Waals surface area contributed by atoms with Crippen LogP contribution in [0.5, 0.6) is 0 Å². The summed E-state index contributed by atoms with van der Waals surface area (Å²) in [4.78, 5) is 10.6. The van der Waals surface area contributed by atoms with E-state index in [9.17, 15) is 18.5 Å². The summed E-state index contributed by atoms with van der Waals surface area (Å²) in [7, 11) is -3.07. The van der Waals surface area contributed by atoms with Gasteiger partial charge in [-0.2, -0.15) is 0 Å². The molecule has 1 aromatic rings. The van der Waals surface area contributed by atoms with Crippen LogP contribution in [0, 0.1) is 17.0 Å². The minimum Gasteiger partial charge on any atom is -0.309 e. The van der Waals surface area contributed by atoms with Crippen molar-refractivity contribution in [1.82, 2.24) is 9.62 Å². The molecule has 1 heterocycles. The van der Waals surface area contributed by atoms with Crippen LogP contribution in [-0.2, 0) is 10.0 Å². The summed E-state index contributed by atoms with van der Waals surface area (Å²) in [5.74, 6) is 0.229. The molecule has 7 nitrogen and oxygen atoms in total. The summed E-state index contributed by atoms with van der Waals surface area (Å²) in [6, 6.07) is 4.93. The topological polar surface area (TPSA) is 92.6 Å². The number of nitrogens with one attached hydrogen (secondary N) is 1. The number of benzene rings is 1. The van der Waals surface area contributed by atoms with Crippen LogP contribution in [0.3, 0.4) is 0 Å². The van der Waals surface area contributed by atoms with Crippen LogP contribution in [0.4, 0.5) is 5.69 Å². The molecular weight excluding hydrogens is 306 g/mol. The molecule has 1 N–H and O–H groups in total. The predicted molar refractivity (Wildman–Crippen MR) is 84.2 cm³/mol. The zero-order valence-electron chi connectivity index (χ0n) is 12.8. The van der Waals surface area contributed by atoms with E-state index < -0.39 is 10.0 Å². The molecule has 2 rings (SSSR count). The van der Waals surface area contributed by atoms with Gasteiger partial charge < -0.3 is 5.32 Å². The monoisotopic (exact) mass is 327 g/mol. The Kier molecular flexibility index (Phi) is 5.15. The molecule has 1 aromatic carbocycles. The van der Waals surface area contributed by atoms with E-state index >= 15 is 0 Å². The molecule has 1 aliphatic heterocycles. The van der Waals surface area contributed by atoms with Gasteiger partial charge >= 0.3 is 0 Å². The van der Waals surface area contributed by atoms with E-state index in [4.69, 9.17) is 0 Å². The van der Waals surface area contributed by atoms with Gasteiger partial charge in [-0.15, -0.1) is 0 Å². The van der Waals surface area contributed by atoms with E-state index in [1.165, 1.54) is 10.4 Å². The molecular formula is C14H21N3O4S. The summed E-state index contributed by atoms with van der Waals surface area (Å²) in [6.45, 7) is 5.18. The van der Waals surface area contributed by atoms with E-state index in [0.717, 1.165) is 5.56 Å². The molecule has 8 heteroatoms. The molecule has 1 aliphatic rings. The quantitative estimate of drug-likeness (QED) is 0.632. The lowest BCUT2D eigenvalue weighted by atomic mass is 10.0. The van der Waals surface area contributed by atoms with E-state index in [1.54, 1.807) is 13.0 Å². The number of nitro groups is 1. The molecule has 22 heavy (non-hydrogen) atoms. The minimum atomic E-state index is -3.07. The van der Waals surface area contributed by atoms with Gasteiger partial charge in [0.25, 0.3) is 5.69 Å². The predicted octanol–water partition coefficient (Wildman–Crippen LogP) is 1.59. The zero-order chi connectivity index (χ0) is 16.3. The SMILES string of the molecule is Cc1c([C@H](C)NCCN2CCCS2(=O)=O)cccc1[N+](=O)[O-]. The lowest BCUT2D eigenvalue weighted by molar-refractivity contribution is -0.385. The normalized spacial score (nSPS) is 19.2. The maximum absolute atomic E-state index is 11.7. The van der Waals surface area contributed by atoms with Crippen LogP contribution in [0.25, 0.3) is 0 Å². The van der Waals surface area contributed by atoms with Crippen molar-refractivity contribution in [2.75, 3.05) is 25.4 Å². The molecule has 0 aliphatic carbocycles. The first-order chi connectivity index (χ1) is 10.3. The Morgan fingerprint density at radius 2 is 2.18 bits per heavy atom. The van der Waals surface area contributed by atoms with Crippen molar-refractivity contribution in [3.8, 4) is 0 Å². The third-order valence-corrected chi connectivity index (χ3v) is 5.98. The highest BCUT2D eigenvalue weighted by atomic mass is 32.2. The molecule has 0 amide bonds. The van der Waals surface area contributed by atoms with Gasteiger partial charge in [-0.05, 0) is 25.8 Å². The second-order valence-corrected chi connectivity index (χ2v) is 7.58. The van der Waals surface area contributed by atoms with Gasteiger partial charge in [-0.3, -0.25) is 10.1 Å². The van der Waals surface area contributed by atoms with Crippen molar-refractivity contribution in [1.29, 1.82) is 0 Å². The maximum Gasteiger partial charge on any atom is 0.272 e. The third kappa shape index (κ3) is 3.63. The molecule has 0 spiro atoms. The Bertz CT molecular complexity index is 660. The van der Waals surface area contributed by atoms with Crippen molar-refractivity contribution >= 4 is 15.7 Å². The van der Waals surface area contributed by atoms with Gasteiger partial charge in [0.2, 0.25) is 10.0 Å². The molecule has 0 bridgehead atoms. The van der Waals surface area contributed by atoms with Gasteiger partial charge in [0.15, 0.2) is 0 Å². The molecule has 1 atom stereocenters. The zero-order valence-corrected chi connectivity index (χ0v) is 13.6. The molecule has 122 valence electrons. The van der Waals surface area contributed by atoms with Gasteiger partial charge in [0.1, 0.15) is 0 Å². The molecule has 0 saturated carbocycles. The Morgan fingerprint density at radius 3 is 2.77 bits per heavy atom. The fraction of sp³-hybridized carbons (Fsp3) is 0.571. The average Bonchev–Trinajstić information content (AvgIpc) is 2.77. The van der Waals surface area contributed by atoms with Gasteiger partial charge in [0.05, 0.1) is 10.7 Å². The van der Waals surface area contributed by atoms with Gasteiger partial charge in [-0.25, -0.2) is 12.7 Å². The summed E-state index contributed by atoms with van der Waals surface area (Å²) < 4.78 is 24.9. The van der Waals surface area contributed by atoms with E-state index in [2.05, 4.69) is 5.32 Å². The van der Waals surface area contributed by atoms with Crippen LogP contribution in [0.15, 0.2) is 18.2 Å². The Hall–Kier alpha value is -1.51. The second-order valence-electron chi connectivity index (χ2n) is 5.49. The largest absolute Gasteiger partial charge is 0.309 e. The Balaban J connectivity index is 1.97. The number of nitro benzene ring substituents is 1. The summed E-state index contributed by atoms with van der Waals surface area (Å²) in [5, 5.41) is 14.2. The van der Waals surface area contributed by atoms with E-state index in [-0.39, 0.29) is 22.4 Å². The lowest BCUT2D eigenvalue weighted by Crippen LogP contribution is -2.34. The summed E-state index contributed by atoms with van der Waals surface area (Å²) in [6.07, 6.45) is 0.682. The number of nitrogens with zero attached hydrogens (tertiary/aromatic N) is 2. The highest BCUT2D eigenvalue weighted by Gasteiger charge is 2.27. The Morgan fingerprint density at radius 1 is 1.45 bits per heavy atom. The molecule has 0 unspecified atom stereocenters. The molecule has 0 radical (unpaired) electrons. The second kappa shape index (κ2) is 6.72. The van der Waals surface area contributed by atoms with Crippen molar-refractivity contribution in [2.24, 2.45) is 0 Å². The van der Waals surface area contributed by atoms with Crippen molar-refractivity contribution in [3.63, 3.8) is 0 Å². The number of hydrogen-bond donors (Lipinski definition) is 1. The highest BCUT2D eigenvalue weighted by molar-refractivity contribution is 7.89. The smallest absolute Gasteiger partial charge is 0.272 e. The van der Waals surface area contributed by atoms with Crippen molar-refractivity contribution < 1.29 is 13.3 Å². The number of sulfonamides is 1. The third-order valence-electron chi connectivity index (χ3n) is 4.03. The first kappa shape index (κ1) is 16.9. The Labute approximate surface area is 130 Å². The van der Waals surface area contributed by atoms with E-state index in [0.29, 0.717) is 31.6 Å². The summed E-state index contributed by atoms with van der Waals surface area (Å²) in [5.41, 5.74) is 1.60. The fourth-order valence-electron chi connectivity index (χ4n) is 2.77. The fourth-order valence-corrected chi connectivity index (χ4v) is 4.29. The van der Waals surface area contributed by atoms with Crippen LogP contribution >= 0.6 is 0 Å². The standard InChI is InChI=1S/C14H21N3O4S/c1-11-13(5-3-6-14(11)17(18)19)12(2)15-7-9-16-8-4-10-22(16,20)21/h3,5-6,12,15H,4,7-10H2,1-2H3/t12-/m0/s1.